The van der Waals surface area contributed by atoms with Gasteiger partial charge in [-0.15, -0.1) is 0 Å². The Morgan fingerprint density at radius 3 is 2.87 bits per heavy atom. The maximum absolute atomic E-state index is 13.7. The van der Waals surface area contributed by atoms with E-state index in [1.165, 1.54) is 18.5 Å². The number of carbonyl (C=O) groups is 1. The highest BCUT2D eigenvalue weighted by Crippen LogP contribution is 2.35. The summed E-state index contributed by atoms with van der Waals surface area (Å²) >= 11 is 0. The van der Waals surface area contributed by atoms with Crippen LogP contribution in [0.3, 0.4) is 0 Å². The largest absolute Gasteiger partial charge is 0.391 e. The van der Waals surface area contributed by atoms with E-state index < -0.39 is 6.10 Å². The molecule has 0 radical (unpaired) electrons. The molecule has 4 heterocycles. The lowest BCUT2D eigenvalue weighted by Gasteiger charge is -2.28. The molecule has 8 nitrogen and oxygen atoms in total. The highest BCUT2D eigenvalue weighted by molar-refractivity contribution is 6.00. The van der Waals surface area contributed by atoms with Gasteiger partial charge in [-0.25, -0.2) is 13.9 Å². The highest BCUT2D eigenvalue weighted by Gasteiger charge is 2.29. The van der Waals surface area contributed by atoms with Crippen LogP contribution in [0.2, 0.25) is 0 Å². The third-order valence-corrected chi connectivity index (χ3v) is 6.30. The van der Waals surface area contributed by atoms with Crippen molar-refractivity contribution < 1.29 is 14.3 Å². The molecule has 2 N–H and O–H groups in total. The quantitative estimate of drug-likeness (QED) is 0.669. The molecule has 2 fully saturated rings. The third-order valence-electron chi connectivity index (χ3n) is 6.30. The van der Waals surface area contributed by atoms with Gasteiger partial charge in [-0.1, -0.05) is 12.8 Å². The van der Waals surface area contributed by atoms with E-state index in [1.54, 1.807) is 16.9 Å². The number of aliphatic hydroxyl groups is 1. The number of anilines is 1. The number of nitrogens with zero attached hydrogens (tertiary/aromatic N) is 5. The Bertz CT molecular complexity index is 1100. The lowest BCUT2D eigenvalue weighted by Crippen LogP contribution is -2.45. The summed E-state index contributed by atoms with van der Waals surface area (Å²) in [6.45, 7) is 0.786. The van der Waals surface area contributed by atoms with Gasteiger partial charge in [0, 0.05) is 18.9 Å². The summed E-state index contributed by atoms with van der Waals surface area (Å²) in [7, 11) is 0. The van der Waals surface area contributed by atoms with Crippen LogP contribution in [0.4, 0.5) is 10.2 Å². The molecule has 1 amide bonds. The molecule has 0 bridgehead atoms. The fourth-order valence-corrected chi connectivity index (χ4v) is 4.70. The van der Waals surface area contributed by atoms with Crippen LogP contribution in [0, 0.1) is 5.82 Å². The van der Waals surface area contributed by atoms with Crippen LogP contribution in [-0.4, -0.2) is 49.3 Å². The lowest BCUT2D eigenvalue weighted by atomic mass is 9.92. The van der Waals surface area contributed by atoms with E-state index in [-0.39, 0.29) is 23.8 Å². The lowest BCUT2D eigenvalue weighted by molar-refractivity contribution is 0.0718. The van der Waals surface area contributed by atoms with E-state index >= 15 is 0 Å². The van der Waals surface area contributed by atoms with Crippen LogP contribution in [-0.2, 0) is 0 Å². The van der Waals surface area contributed by atoms with Crippen molar-refractivity contribution in [1.82, 2.24) is 24.9 Å². The first-order valence-electron chi connectivity index (χ1n) is 10.8. The van der Waals surface area contributed by atoms with Crippen LogP contribution < -0.4 is 10.2 Å². The summed E-state index contributed by atoms with van der Waals surface area (Å²) in [5.74, 6) is 0.0804. The summed E-state index contributed by atoms with van der Waals surface area (Å²) in [6.07, 6.45) is 10.9. The Hall–Kier alpha value is -3.07. The van der Waals surface area contributed by atoms with Gasteiger partial charge in [0.15, 0.2) is 5.65 Å². The molecule has 2 aliphatic rings. The number of pyridine rings is 1. The standard InChI is InChI=1S/C22H25FN6O2/c23-15-10-14(11-24-12-15)18-5-3-8-28(18)20-7-9-29-21(27-20)16(13-25-29)22(31)26-17-4-1-2-6-19(17)30/h7,9-13,17-19,30H,1-6,8H2,(H,26,31)/t17-,18?,19-/m1/s1. The molecule has 1 unspecified atom stereocenters. The van der Waals surface area contributed by atoms with Crippen LogP contribution in [0.25, 0.3) is 5.65 Å². The second kappa shape index (κ2) is 8.22. The summed E-state index contributed by atoms with van der Waals surface area (Å²) in [6, 6.07) is 3.11. The first-order chi connectivity index (χ1) is 15.1. The monoisotopic (exact) mass is 424 g/mol. The smallest absolute Gasteiger partial charge is 0.257 e. The average Bonchev–Trinajstić information content (AvgIpc) is 3.42. The van der Waals surface area contributed by atoms with Gasteiger partial charge in [-0.05, 0) is 43.4 Å². The van der Waals surface area contributed by atoms with Crippen molar-refractivity contribution in [2.75, 3.05) is 11.4 Å². The zero-order valence-electron chi connectivity index (χ0n) is 17.1. The topological polar surface area (TPSA) is 95.6 Å². The SMILES string of the molecule is O=C(N[C@@H]1CCCC[C@H]1O)c1cnn2ccc(N3CCCC3c3cncc(F)c3)nc12. The number of aromatic nitrogens is 4. The highest BCUT2D eigenvalue weighted by atomic mass is 19.1. The first-order valence-corrected chi connectivity index (χ1v) is 10.8. The van der Waals surface area contributed by atoms with Crippen molar-refractivity contribution >= 4 is 17.4 Å². The van der Waals surface area contributed by atoms with E-state index in [9.17, 15) is 14.3 Å². The van der Waals surface area contributed by atoms with Crippen molar-refractivity contribution in [2.24, 2.45) is 0 Å². The van der Waals surface area contributed by atoms with Gasteiger partial charge in [0.1, 0.15) is 17.2 Å². The Morgan fingerprint density at radius 2 is 2.03 bits per heavy atom. The predicted molar refractivity (Wildman–Crippen MR) is 112 cm³/mol. The molecule has 9 heteroatoms. The number of nitrogens with one attached hydrogen (secondary N) is 1. The van der Waals surface area contributed by atoms with Gasteiger partial charge in [-0.2, -0.15) is 5.10 Å². The molecule has 3 aromatic heterocycles. The van der Waals surface area contributed by atoms with Crippen molar-refractivity contribution in [3.05, 3.63) is 53.9 Å². The zero-order valence-corrected chi connectivity index (χ0v) is 17.1. The Morgan fingerprint density at radius 1 is 1.16 bits per heavy atom. The van der Waals surface area contributed by atoms with Gasteiger partial charge < -0.3 is 15.3 Å². The molecule has 1 saturated heterocycles. The van der Waals surface area contributed by atoms with E-state index in [0.717, 1.165) is 44.2 Å². The van der Waals surface area contributed by atoms with Crippen LogP contribution >= 0.6 is 0 Å². The average molecular weight is 424 g/mol. The number of aliphatic hydroxyl groups excluding tert-OH is 1. The summed E-state index contributed by atoms with van der Waals surface area (Å²) in [5, 5.41) is 17.4. The van der Waals surface area contributed by atoms with Gasteiger partial charge in [0.05, 0.1) is 30.6 Å². The molecular formula is C22H25FN6O2. The predicted octanol–water partition coefficient (Wildman–Crippen LogP) is 2.64. The molecule has 0 aromatic carbocycles. The van der Waals surface area contributed by atoms with Crippen molar-refractivity contribution in [3.63, 3.8) is 0 Å². The Kier molecular flexibility index (Phi) is 5.27. The first kappa shape index (κ1) is 19.9. The minimum Gasteiger partial charge on any atom is -0.391 e. The molecule has 31 heavy (non-hydrogen) atoms. The number of fused-ring (bicyclic) bond motifs is 1. The van der Waals surface area contributed by atoms with E-state index in [2.05, 4.69) is 20.3 Å². The number of rotatable bonds is 4. The normalized spacial score (nSPS) is 23.9. The van der Waals surface area contributed by atoms with Crippen LogP contribution in [0.15, 0.2) is 36.9 Å². The number of amides is 1. The minimum absolute atomic E-state index is 0.0178. The second-order valence-electron chi connectivity index (χ2n) is 8.33. The fourth-order valence-electron chi connectivity index (χ4n) is 4.70. The maximum atomic E-state index is 13.7. The van der Waals surface area contributed by atoms with Gasteiger partial charge in [-0.3, -0.25) is 9.78 Å². The molecule has 1 saturated carbocycles. The molecule has 0 spiro atoms. The molecule has 3 aromatic rings. The van der Waals surface area contributed by atoms with Gasteiger partial charge in [0.2, 0.25) is 0 Å². The molecule has 1 aliphatic heterocycles. The van der Waals surface area contributed by atoms with Gasteiger partial charge in [0.25, 0.3) is 5.91 Å². The zero-order chi connectivity index (χ0) is 21.4. The van der Waals surface area contributed by atoms with E-state index in [1.807, 2.05) is 6.07 Å². The number of hydrogen-bond acceptors (Lipinski definition) is 6. The summed E-state index contributed by atoms with van der Waals surface area (Å²) in [5.41, 5.74) is 1.66. The van der Waals surface area contributed by atoms with E-state index in [4.69, 9.17) is 4.98 Å². The van der Waals surface area contributed by atoms with Crippen molar-refractivity contribution in [3.8, 4) is 0 Å². The second-order valence-corrected chi connectivity index (χ2v) is 8.33. The van der Waals surface area contributed by atoms with Crippen molar-refractivity contribution in [1.29, 1.82) is 0 Å². The third kappa shape index (κ3) is 3.85. The van der Waals surface area contributed by atoms with Crippen molar-refractivity contribution in [2.45, 2.75) is 56.7 Å². The van der Waals surface area contributed by atoms with E-state index in [0.29, 0.717) is 23.4 Å². The maximum Gasteiger partial charge on any atom is 0.257 e. The van der Waals surface area contributed by atoms with Gasteiger partial charge >= 0.3 is 0 Å². The van der Waals surface area contributed by atoms with Crippen LogP contribution in [0.5, 0.6) is 0 Å². The summed E-state index contributed by atoms with van der Waals surface area (Å²) in [4.78, 5) is 23.8. The Balaban J connectivity index is 1.42. The molecule has 1 aliphatic carbocycles. The summed E-state index contributed by atoms with van der Waals surface area (Å²) < 4.78 is 15.3. The Labute approximate surface area is 179 Å². The molecule has 5 rings (SSSR count). The number of halogens is 1. The number of carbonyl (C=O) groups excluding carboxylic acids is 1. The minimum atomic E-state index is -0.520. The molecule has 3 atom stereocenters. The van der Waals surface area contributed by atoms with Crippen LogP contribution in [0.1, 0.15) is 60.5 Å². The number of hydrogen-bond donors (Lipinski definition) is 2. The fraction of sp³-hybridized carbons (Fsp3) is 0.455. The molecule has 162 valence electrons. The molecular weight excluding hydrogens is 399 g/mol.